The number of nitrogens with one attached hydrogen (secondary N) is 1. The van der Waals surface area contributed by atoms with Crippen LogP contribution in [-0.4, -0.2) is 23.3 Å². The van der Waals surface area contributed by atoms with E-state index >= 15 is 0 Å². The third-order valence-corrected chi connectivity index (χ3v) is 4.47. The molecule has 2 aromatic rings. The first-order valence-corrected chi connectivity index (χ1v) is 8.44. The molecule has 0 fully saturated rings. The molecule has 1 N–H and O–H groups in total. The van der Waals surface area contributed by atoms with E-state index in [-0.39, 0.29) is 11.8 Å². The Morgan fingerprint density at radius 3 is 2.12 bits per heavy atom. The number of benzene rings is 2. The predicted molar refractivity (Wildman–Crippen MR) is 100 cm³/mol. The van der Waals surface area contributed by atoms with Gasteiger partial charge in [-0.05, 0) is 44.9 Å². The molecule has 0 aliphatic carbocycles. The zero-order valence-electron chi connectivity index (χ0n) is 15.0. The average molecular weight is 334 g/mol. The zero-order valence-corrected chi connectivity index (χ0v) is 15.0. The molecule has 0 aromatic heterocycles. The van der Waals surface area contributed by atoms with Crippen LogP contribution in [-0.2, 0) is 9.59 Å². The van der Waals surface area contributed by atoms with E-state index < -0.39 is 0 Å². The second-order valence-electron chi connectivity index (χ2n) is 6.41. The quantitative estimate of drug-likeness (QED) is 0.865. The van der Waals surface area contributed by atoms with E-state index in [2.05, 4.69) is 5.32 Å². The molecular formula is C21H22N2O2. The maximum Gasteiger partial charge on any atom is 0.278 e. The van der Waals surface area contributed by atoms with Crippen molar-refractivity contribution in [2.75, 3.05) is 11.9 Å². The van der Waals surface area contributed by atoms with Crippen LogP contribution >= 0.6 is 0 Å². The number of hydrogen-bond acceptors (Lipinski definition) is 3. The maximum atomic E-state index is 12.8. The van der Waals surface area contributed by atoms with Crippen LogP contribution in [0, 0.1) is 20.8 Å². The van der Waals surface area contributed by atoms with Crippen LogP contribution in [0.5, 0.6) is 0 Å². The number of hydrogen-bond donors (Lipinski definition) is 1. The number of carbonyl (C=O) groups is 2. The Labute approximate surface area is 148 Å². The van der Waals surface area contributed by atoms with Crippen LogP contribution in [0.4, 0.5) is 5.69 Å². The van der Waals surface area contributed by atoms with Crippen LogP contribution in [0.25, 0.3) is 5.57 Å². The highest BCUT2D eigenvalue weighted by Crippen LogP contribution is 2.31. The summed E-state index contributed by atoms with van der Waals surface area (Å²) in [5.74, 6) is -0.522. The Hall–Kier alpha value is -2.88. The summed E-state index contributed by atoms with van der Waals surface area (Å²) in [5.41, 5.74) is 5.68. The minimum atomic E-state index is -0.275. The highest BCUT2D eigenvalue weighted by molar-refractivity contribution is 6.36. The van der Waals surface area contributed by atoms with Gasteiger partial charge in [-0.3, -0.25) is 14.5 Å². The van der Waals surface area contributed by atoms with E-state index in [1.807, 2.05) is 70.2 Å². The van der Waals surface area contributed by atoms with Gasteiger partial charge in [0.1, 0.15) is 5.70 Å². The van der Waals surface area contributed by atoms with Gasteiger partial charge < -0.3 is 5.32 Å². The molecule has 0 bridgehead atoms. The van der Waals surface area contributed by atoms with Gasteiger partial charge in [-0.1, -0.05) is 47.5 Å². The van der Waals surface area contributed by atoms with Crippen molar-refractivity contribution in [3.05, 3.63) is 70.4 Å². The van der Waals surface area contributed by atoms with E-state index in [9.17, 15) is 9.59 Å². The SMILES string of the molecule is CCN1C(=O)C(Nc2ccc(C)cc2C)=C(c2ccc(C)cc2)C1=O. The topological polar surface area (TPSA) is 49.4 Å². The highest BCUT2D eigenvalue weighted by Gasteiger charge is 2.38. The summed E-state index contributed by atoms with van der Waals surface area (Å²) in [4.78, 5) is 26.8. The highest BCUT2D eigenvalue weighted by atomic mass is 16.2. The molecule has 1 aliphatic heterocycles. The Morgan fingerprint density at radius 1 is 0.880 bits per heavy atom. The summed E-state index contributed by atoms with van der Waals surface area (Å²) >= 11 is 0. The van der Waals surface area contributed by atoms with Crippen LogP contribution < -0.4 is 5.32 Å². The van der Waals surface area contributed by atoms with Gasteiger partial charge in [-0.15, -0.1) is 0 Å². The fourth-order valence-corrected chi connectivity index (χ4v) is 3.06. The van der Waals surface area contributed by atoms with E-state index in [1.54, 1.807) is 0 Å². The summed E-state index contributed by atoms with van der Waals surface area (Å²) in [6.07, 6.45) is 0. The number of nitrogens with zero attached hydrogens (tertiary/aromatic N) is 1. The Kier molecular flexibility index (Phi) is 4.45. The van der Waals surface area contributed by atoms with Crippen molar-refractivity contribution in [3.8, 4) is 0 Å². The lowest BCUT2D eigenvalue weighted by molar-refractivity contribution is -0.136. The maximum absolute atomic E-state index is 12.8. The third kappa shape index (κ3) is 3.07. The molecule has 2 aromatic carbocycles. The number of imide groups is 1. The van der Waals surface area contributed by atoms with Crippen molar-refractivity contribution in [1.82, 2.24) is 4.90 Å². The normalized spacial score (nSPS) is 14.5. The summed E-state index contributed by atoms with van der Waals surface area (Å²) < 4.78 is 0. The Morgan fingerprint density at radius 2 is 1.52 bits per heavy atom. The van der Waals surface area contributed by atoms with E-state index in [0.717, 1.165) is 27.9 Å². The van der Waals surface area contributed by atoms with Crippen LogP contribution in [0.1, 0.15) is 29.2 Å². The monoisotopic (exact) mass is 334 g/mol. The first-order chi connectivity index (χ1) is 11.9. The van der Waals surface area contributed by atoms with Gasteiger partial charge in [-0.2, -0.15) is 0 Å². The van der Waals surface area contributed by atoms with Crippen molar-refractivity contribution >= 4 is 23.1 Å². The average Bonchev–Trinajstić information content (AvgIpc) is 2.81. The number of amides is 2. The largest absolute Gasteiger partial charge is 0.350 e. The van der Waals surface area contributed by atoms with Crippen LogP contribution in [0.3, 0.4) is 0 Å². The van der Waals surface area contributed by atoms with Crippen LogP contribution in [0.2, 0.25) is 0 Å². The predicted octanol–water partition coefficient (Wildman–Crippen LogP) is 3.82. The number of rotatable bonds is 4. The van der Waals surface area contributed by atoms with Crippen molar-refractivity contribution in [2.24, 2.45) is 0 Å². The lowest BCUT2D eigenvalue weighted by Gasteiger charge is -2.13. The smallest absolute Gasteiger partial charge is 0.278 e. The summed E-state index contributed by atoms with van der Waals surface area (Å²) in [7, 11) is 0. The molecular weight excluding hydrogens is 312 g/mol. The molecule has 0 unspecified atom stereocenters. The number of aryl methyl sites for hydroxylation is 3. The van der Waals surface area contributed by atoms with E-state index in [4.69, 9.17) is 0 Å². The molecule has 128 valence electrons. The van der Waals surface area contributed by atoms with Gasteiger partial charge >= 0.3 is 0 Å². The van der Waals surface area contributed by atoms with Crippen molar-refractivity contribution < 1.29 is 9.59 Å². The van der Waals surface area contributed by atoms with Gasteiger partial charge in [0, 0.05) is 12.2 Å². The fourth-order valence-electron chi connectivity index (χ4n) is 3.06. The van der Waals surface area contributed by atoms with Gasteiger partial charge in [0.05, 0.1) is 5.57 Å². The van der Waals surface area contributed by atoms with Crippen molar-refractivity contribution in [2.45, 2.75) is 27.7 Å². The minimum Gasteiger partial charge on any atom is -0.350 e. The lowest BCUT2D eigenvalue weighted by Crippen LogP contribution is -2.32. The molecule has 4 nitrogen and oxygen atoms in total. The lowest BCUT2D eigenvalue weighted by atomic mass is 10.0. The first kappa shape index (κ1) is 17.0. The number of carbonyl (C=O) groups excluding carboxylic acids is 2. The molecule has 0 saturated carbocycles. The molecule has 1 heterocycles. The second-order valence-corrected chi connectivity index (χ2v) is 6.41. The van der Waals surface area contributed by atoms with Gasteiger partial charge in [0.2, 0.25) is 0 Å². The van der Waals surface area contributed by atoms with Crippen molar-refractivity contribution in [3.63, 3.8) is 0 Å². The zero-order chi connectivity index (χ0) is 18.1. The van der Waals surface area contributed by atoms with Gasteiger partial charge in [-0.25, -0.2) is 0 Å². The molecule has 25 heavy (non-hydrogen) atoms. The number of anilines is 1. The van der Waals surface area contributed by atoms with E-state index in [1.165, 1.54) is 4.90 Å². The minimum absolute atomic E-state index is 0.247. The fraction of sp³-hybridized carbons (Fsp3) is 0.238. The Bertz CT molecular complexity index is 879. The molecule has 0 saturated heterocycles. The van der Waals surface area contributed by atoms with Crippen molar-refractivity contribution in [1.29, 1.82) is 0 Å². The summed E-state index contributed by atoms with van der Waals surface area (Å²) in [6, 6.07) is 13.6. The Balaban J connectivity index is 2.10. The van der Waals surface area contributed by atoms with Gasteiger partial charge in [0.15, 0.2) is 0 Å². The molecule has 0 radical (unpaired) electrons. The summed E-state index contributed by atoms with van der Waals surface area (Å²) in [6.45, 7) is 8.16. The standard InChI is InChI=1S/C21H22N2O2/c1-5-23-20(24)18(16-9-6-13(2)7-10-16)19(21(23)25)22-17-11-8-14(3)12-15(17)4/h6-12,22H,5H2,1-4H3. The molecule has 0 atom stereocenters. The molecule has 4 heteroatoms. The first-order valence-electron chi connectivity index (χ1n) is 8.44. The second kappa shape index (κ2) is 6.55. The van der Waals surface area contributed by atoms with Gasteiger partial charge in [0.25, 0.3) is 11.8 Å². The molecule has 3 rings (SSSR count). The summed E-state index contributed by atoms with van der Waals surface area (Å²) in [5, 5.41) is 3.21. The third-order valence-electron chi connectivity index (χ3n) is 4.47. The van der Waals surface area contributed by atoms with Crippen LogP contribution in [0.15, 0.2) is 48.2 Å². The number of likely N-dealkylation sites (N-methyl/N-ethyl adjacent to an activating group) is 1. The molecule has 1 aliphatic rings. The molecule has 0 spiro atoms. The van der Waals surface area contributed by atoms with E-state index in [0.29, 0.717) is 17.8 Å². The molecule has 2 amide bonds.